The molecule has 0 amide bonds. The second kappa shape index (κ2) is 6.44. The van der Waals surface area contributed by atoms with E-state index in [1.807, 2.05) is 0 Å². The van der Waals surface area contributed by atoms with Crippen LogP contribution in [-0.4, -0.2) is 15.0 Å². The molecule has 0 saturated heterocycles. The van der Waals surface area contributed by atoms with Crippen molar-refractivity contribution in [3.05, 3.63) is 52.8 Å². The van der Waals surface area contributed by atoms with E-state index >= 15 is 0 Å². The molecule has 0 unspecified atom stereocenters. The molecular weight excluding hydrogens is 361 g/mol. The van der Waals surface area contributed by atoms with Crippen molar-refractivity contribution in [2.24, 2.45) is 0 Å². The van der Waals surface area contributed by atoms with Gasteiger partial charge in [-0.25, -0.2) is 12.8 Å². The fourth-order valence-corrected chi connectivity index (χ4v) is 3.46. The van der Waals surface area contributed by atoms with E-state index in [9.17, 15) is 12.8 Å². The number of sulfonamides is 1. The van der Waals surface area contributed by atoms with Crippen LogP contribution in [0, 0.1) is 5.82 Å². The van der Waals surface area contributed by atoms with Gasteiger partial charge in [0.05, 0.1) is 12.3 Å². The van der Waals surface area contributed by atoms with Gasteiger partial charge in [0.2, 0.25) is 0 Å². The third kappa shape index (κ3) is 3.74. The number of hydrogen-bond donors (Lipinski definition) is 1. The lowest BCUT2D eigenvalue weighted by Crippen LogP contribution is -2.15. The maximum absolute atomic E-state index is 13.6. The Morgan fingerprint density at radius 3 is 2.62 bits per heavy atom. The number of hydrogen-bond acceptors (Lipinski definition) is 3. The van der Waals surface area contributed by atoms with E-state index in [2.05, 4.69) is 20.7 Å². The van der Waals surface area contributed by atoms with Crippen LogP contribution < -0.4 is 9.46 Å². The SMILES string of the molecule is CCOc1ccc(Br)cc1S(=O)(=O)Nc1ccccc1F. The Kier molecular flexibility index (Phi) is 4.84. The van der Waals surface area contributed by atoms with Gasteiger partial charge in [0, 0.05) is 4.47 Å². The van der Waals surface area contributed by atoms with E-state index in [0.29, 0.717) is 11.1 Å². The molecule has 0 bridgehead atoms. The summed E-state index contributed by atoms with van der Waals surface area (Å²) in [6.45, 7) is 2.08. The predicted molar refractivity (Wildman–Crippen MR) is 82.5 cm³/mol. The molecule has 0 atom stereocenters. The molecule has 0 fully saturated rings. The van der Waals surface area contributed by atoms with Crippen LogP contribution in [-0.2, 0) is 10.0 Å². The summed E-state index contributed by atoms with van der Waals surface area (Å²) in [4.78, 5) is -0.0537. The van der Waals surface area contributed by atoms with Crippen molar-refractivity contribution >= 4 is 31.6 Å². The Hall–Kier alpha value is -1.60. The first-order valence-corrected chi connectivity index (χ1v) is 8.41. The standard InChI is InChI=1S/C14H13BrFNO3S/c1-2-20-13-8-7-10(15)9-14(13)21(18,19)17-12-6-4-3-5-11(12)16/h3-9,17H,2H2,1H3. The van der Waals surface area contributed by atoms with Gasteiger partial charge in [-0.1, -0.05) is 28.1 Å². The molecule has 0 saturated carbocycles. The zero-order chi connectivity index (χ0) is 15.5. The fraction of sp³-hybridized carbons (Fsp3) is 0.143. The molecule has 2 aromatic rings. The van der Waals surface area contributed by atoms with Crippen LogP contribution in [0.4, 0.5) is 10.1 Å². The van der Waals surface area contributed by atoms with E-state index in [0.717, 1.165) is 0 Å². The van der Waals surface area contributed by atoms with Crippen LogP contribution in [0.2, 0.25) is 0 Å². The minimum atomic E-state index is -3.96. The third-order valence-electron chi connectivity index (χ3n) is 2.61. The minimum Gasteiger partial charge on any atom is -0.492 e. The van der Waals surface area contributed by atoms with Crippen LogP contribution >= 0.6 is 15.9 Å². The van der Waals surface area contributed by atoms with Crippen LogP contribution in [0.5, 0.6) is 5.75 Å². The Balaban J connectivity index is 2.44. The first-order chi connectivity index (χ1) is 9.94. The van der Waals surface area contributed by atoms with Crippen molar-refractivity contribution in [2.45, 2.75) is 11.8 Å². The van der Waals surface area contributed by atoms with Crippen molar-refractivity contribution in [3.63, 3.8) is 0 Å². The first kappa shape index (κ1) is 15.8. The number of nitrogens with one attached hydrogen (secondary N) is 1. The number of anilines is 1. The maximum Gasteiger partial charge on any atom is 0.265 e. The molecular formula is C14H13BrFNO3S. The molecule has 0 radical (unpaired) electrons. The van der Waals surface area contributed by atoms with Gasteiger partial charge in [-0.15, -0.1) is 0 Å². The van der Waals surface area contributed by atoms with Gasteiger partial charge >= 0.3 is 0 Å². The third-order valence-corrected chi connectivity index (χ3v) is 4.49. The lowest BCUT2D eigenvalue weighted by atomic mass is 10.3. The summed E-state index contributed by atoms with van der Waals surface area (Å²) >= 11 is 3.22. The maximum atomic E-state index is 13.6. The van der Waals surface area contributed by atoms with Crippen LogP contribution in [0.15, 0.2) is 51.8 Å². The highest BCUT2D eigenvalue weighted by Crippen LogP contribution is 2.29. The highest BCUT2D eigenvalue weighted by atomic mass is 79.9. The van der Waals surface area contributed by atoms with Gasteiger partial charge in [0.15, 0.2) is 0 Å². The largest absolute Gasteiger partial charge is 0.492 e. The second-order valence-electron chi connectivity index (χ2n) is 4.11. The van der Waals surface area contributed by atoms with Crippen LogP contribution in [0.3, 0.4) is 0 Å². The molecule has 4 nitrogen and oxygen atoms in total. The monoisotopic (exact) mass is 373 g/mol. The van der Waals surface area contributed by atoms with E-state index in [-0.39, 0.29) is 16.3 Å². The molecule has 0 aromatic heterocycles. The van der Waals surface area contributed by atoms with Crippen molar-refractivity contribution in [3.8, 4) is 5.75 Å². The number of rotatable bonds is 5. The van der Waals surface area contributed by atoms with Gasteiger partial charge in [-0.3, -0.25) is 4.72 Å². The second-order valence-corrected chi connectivity index (χ2v) is 6.68. The summed E-state index contributed by atoms with van der Waals surface area (Å²) in [6.07, 6.45) is 0. The van der Waals surface area contributed by atoms with E-state index in [1.54, 1.807) is 25.1 Å². The normalized spacial score (nSPS) is 11.2. The van der Waals surface area contributed by atoms with Gasteiger partial charge in [0.25, 0.3) is 10.0 Å². The summed E-state index contributed by atoms with van der Waals surface area (Å²) in [5, 5.41) is 0. The average Bonchev–Trinajstić information content (AvgIpc) is 2.43. The van der Waals surface area contributed by atoms with E-state index in [4.69, 9.17) is 4.74 Å². The van der Waals surface area contributed by atoms with Crippen molar-refractivity contribution in [2.75, 3.05) is 11.3 Å². The smallest absolute Gasteiger partial charge is 0.265 e. The van der Waals surface area contributed by atoms with Crippen LogP contribution in [0.25, 0.3) is 0 Å². The predicted octanol–water partition coefficient (Wildman–Crippen LogP) is 3.79. The van der Waals surface area contributed by atoms with Gasteiger partial charge in [0.1, 0.15) is 16.5 Å². The highest BCUT2D eigenvalue weighted by Gasteiger charge is 2.21. The van der Waals surface area contributed by atoms with E-state index in [1.165, 1.54) is 24.3 Å². The van der Waals surface area contributed by atoms with Gasteiger partial charge < -0.3 is 4.74 Å². The molecule has 0 heterocycles. The van der Waals surface area contributed by atoms with E-state index < -0.39 is 15.8 Å². The van der Waals surface area contributed by atoms with Crippen LogP contribution in [0.1, 0.15) is 6.92 Å². The molecule has 0 aliphatic carbocycles. The van der Waals surface area contributed by atoms with Crippen molar-refractivity contribution in [1.82, 2.24) is 0 Å². The zero-order valence-corrected chi connectivity index (χ0v) is 13.5. The summed E-state index contributed by atoms with van der Waals surface area (Å²) in [6, 6.07) is 10.2. The number of para-hydroxylation sites is 1. The average molecular weight is 374 g/mol. The number of halogens is 2. The number of ether oxygens (including phenoxy) is 1. The van der Waals surface area contributed by atoms with Crippen molar-refractivity contribution < 1.29 is 17.5 Å². The lowest BCUT2D eigenvalue weighted by Gasteiger charge is -2.13. The molecule has 7 heteroatoms. The summed E-state index contributed by atoms with van der Waals surface area (Å²) < 4.78 is 46.6. The molecule has 2 aromatic carbocycles. The Bertz CT molecular complexity index is 750. The van der Waals surface area contributed by atoms with Gasteiger partial charge in [-0.2, -0.15) is 0 Å². The first-order valence-electron chi connectivity index (χ1n) is 6.13. The summed E-state index contributed by atoms with van der Waals surface area (Å²) in [5.41, 5.74) is -0.111. The molecule has 112 valence electrons. The van der Waals surface area contributed by atoms with Crippen molar-refractivity contribution in [1.29, 1.82) is 0 Å². The summed E-state index contributed by atoms with van der Waals surface area (Å²) in [7, 11) is -3.96. The molecule has 2 rings (SSSR count). The molecule has 21 heavy (non-hydrogen) atoms. The Morgan fingerprint density at radius 2 is 1.95 bits per heavy atom. The highest BCUT2D eigenvalue weighted by molar-refractivity contribution is 9.10. The zero-order valence-electron chi connectivity index (χ0n) is 11.1. The number of benzene rings is 2. The fourth-order valence-electron chi connectivity index (χ4n) is 1.71. The molecule has 0 spiro atoms. The lowest BCUT2D eigenvalue weighted by molar-refractivity contribution is 0.331. The quantitative estimate of drug-likeness (QED) is 0.867. The molecule has 0 aliphatic rings. The minimum absolute atomic E-state index is 0.0537. The molecule has 0 aliphatic heterocycles. The summed E-state index contributed by atoms with van der Waals surface area (Å²) in [5.74, 6) is -0.432. The Labute approximate surface area is 131 Å². The molecule has 1 N–H and O–H groups in total. The topological polar surface area (TPSA) is 55.4 Å². The van der Waals surface area contributed by atoms with Gasteiger partial charge in [-0.05, 0) is 37.3 Å². The Morgan fingerprint density at radius 1 is 1.24 bits per heavy atom.